The van der Waals surface area contributed by atoms with Crippen LogP contribution in [0.3, 0.4) is 0 Å². The normalized spacial score (nSPS) is 12.0. The number of para-hydroxylation sites is 1. The molecule has 2 aromatic heterocycles. The molecule has 0 unspecified atom stereocenters. The van der Waals surface area contributed by atoms with Gasteiger partial charge < -0.3 is 8.98 Å². The average Bonchev–Trinajstić information content (AvgIpc) is 3.00. The van der Waals surface area contributed by atoms with Gasteiger partial charge in [-0.1, -0.05) is 19.9 Å². The summed E-state index contributed by atoms with van der Waals surface area (Å²) >= 11 is 6.28. The van der Waals surface area contributed by atoms with E-state index >= 15 is 0 Å². The highest BCUT2D eigenvalue weighted by Crippen LogP contribution is 2.32. The highest BCUT2D eigenvalue weighted by molar-refractivity contribution is 6.29. The van der Waals surface area contributed by atoms with Crippen molar-refractivity contribution in [2.24, 2.45) is 0 Å². The number of imidazole rings is 1. The van der Waals surface area contributed by atoms with Gasteiger partial charge in [-0.15, -0.1) is 0 Å². The molecule has 0 bridgehead atoms. The summed E-state index contributed by atoms with van der Waals surface area (Å²) in [5.41, 5.74) is 3.64. The molecule has 0 radical (unpaired) electrons. The van der Waals surface area contributed by atoms with Gasteiger partial charge in [0, 0.05) is 6.04 Å². The zero-order valence-corrected chi connectivity index (χ0v) is 13.3. The van der Waals surface area contributed by atoms with E-state index in [2.05, 4.69) is 37.7 Å². The van der Waals surface area contributed by atoms with Crippen molar-refractivity contribution >= 4 is 22.6 Å². The first-order valence-electron chi connectivity index (χ1n) is 7.11. The molecule has 0 N–H and O–H groups in total. The first-order valence-corrected chi connectivity index (χ1v) is 7.49. The van der Waals surface area contributed by atoms with Gasteiger partial charge in [0.25, 0.3) is 0 Å². The molecule has 5 heteroatoms. The maximum Gasteiger partial charge on any atom is 0.228 e. The number of hydrogen-bond acceptors (Lipinski definition) is 3. The van der Waals surface area contributed by atoms with Crippen molar-refractivity contribution in [3.8, 4) is 11.5 Å². The van der Waals surface area contributed by atoms with E-state index in [1.165, 1.54) is 0 Å². The lowest BCUT2D eigenvalue weighted by atomic mass is 10.1. The van der Waals surface area contributed by atoms with E-state index in [0.717, 1.165) is 22.3 Å². The molecule has 0 saturated carbocycles. The van der Waals surface area contributed by atoms with Gasteiger partial charge >= 0.3 is 0 Å². The SMILES string of the molecule is CC(C)c1coc(-c2cccc3c2nc(Cl)n3C(C)C)n1. The Labute approximate surface area is 128 Å². The summed E-state index contributed by atoms with van der Waals surface area (Å²) in [6.45, 7) is 8.35. The van der Waals surface area contributed by atoms with E-state index < -0.39 is 0 Å². The molecule has 2 heterocycles. The van der Waals surface area contributed by atoms with Crippen LogP contribution < -0.4 is 0 Å². The largest absolute Gasteiger partial charge is 0.444 e. The third-order valence-corrected chi connectivity index (χ3v) is 3.80. The van der Waals surface area contributed by atoms with Crippen LogP contribution in [0.25, 0.3) is 22.5 Å². The highest BCUT2D eigenvalue weighted by Gasteiger charge is 2.18. The predicted molar refractivity (Wildman–Crippen MR) is 84.7 cm³/mol. The predicted octanol–water partition coefficient (Wildman–Crippen LogP) is 5.05. The van der Waals surface area contributed by atoms with E-state index in [9.17, 15) is 0 Å². The minimum atomic E-state index is 0.244. The molecule has 1 aromatic carbocycles. The van der Waals surface area contributed by atoms with Crippen LogP contribution in [0, 0.1) is 0 Å². The molecule has 0 fully saturated rings. The molecule has 21 heavy (non-hydrogen) atoms. The maximum absolute atomic E-state index is 6.28. The van der Waals surface area contributed by atoms with E-state index in [4.69, 9.17) is 16.0 Å². The molecule has 4 nitrogen and oxygen atoms in total. The maximum atomic E-state index is 6.28. The number of rotatable bonds is 3. The molecular weight excluding hydrogens is 286 g/mol. The number of aromatic nitrogens is 3. The Bertz CT molecular complexity index is 786. The van der Waals surface area contributed by atoms with Gasteiger partial charge in [-0.3, -0.25) is 0 Å². The fourth-order valence-electron chi connectivity index (χ4n) is 2.43. The van der Waals surface area contributed by atoms with Crippen molar-refractivity contribution in [3.05, 3.63) is 35.4 Å². The lowest BCUT2D eigenvalue weighted by Crippen LogP contribution is -2.00. The van der Waals surface area contributed by atoms with Gasteiger partial charge in [0.05, 0.1) is 16.8 Å². The molecule has 110 valence electrons. The third-order valence-electron chi connectivity index (χ3n) is 3.54. The highest BCUT2D eigenvalue weighted by atomic mass is 35.5. The van der Waals surface area contributed by atoms with Gasteiger partial charge in [-0.2, -0.15) is 0 Å². The Hall–Kier alpha value is -1.81. The summed E-state index contributed by atoms with van der Waals surface area (Å²) in [7, 11) is 0. The van der Waals surface area contributed by atoms with Crippen LogP contribution >= 0.6 is 11.6 Å². The molecule has 0 aliphatic heterocycles. The second kappa shape index (κ2) is 5.19. The lowest BCUT2D eigenvalue weighted by Gasteiger charge is -2.09. The summed E-state index contributed by atoms with van der Waals surface area (Å²) in [6, 6.07) is 6.21. The Balaban J connectivity index is 2.21. The van der Waals surface area contributed by atoms with Crippen LogP contribution in [0.2, 0.25) is 5.28 Å². The fraction of sp³-hybridized carbons (Fsp3) is 0.375. The topological polar surface area (TPSA) is 43.9 Å². The number of benzene rings is 1. The molecule has 0 saturated heterocycles. The van der Waals surface area contributed by atoms with Crippen molar-refractivity contribution in [1.82, 2.24) is 14.5 Å². The zero-order valence-electron chi connectivity index (χ0n) is 12.6. The molecule has 0 amide bonds. The van der Waals surface area contributed by atoms with Crippen molar-refractivity contribution in [2.75, 3.05) is 0 Å². The summed E-state index contributed by atoms with van der Waals surface area (Å²) in [5.74, 6) is 0.924. The Morgan fingerprint density at radius 2 is 1.90 bits per heavy atom. The van der Waals surface area contributed by atoms with E-state index in [1.54, 1.807) is 6.26 Å². The zero-order chi connectivity index (χ0) is 15.1. The number of nitrogens with zero attached hydrogens (tertiary/aromatic N) is 3. The summed E-state index contributed by atoms with van der Waals surface area (Å²) < 4.78 is 7.63. The first kappa shape index (κ1) is 14.1. The lowest BCUT2D eigenvalue weighted by molar-refractivity contribution is 0.571. The van der Waals surface area contributed by atoms with Crippen molar-refractivity contribution < 1.29 is 4.42 Å². The third kappa shape index (κ3) is 2.33. The summed E-state index contributed by atoms with van der Waals surface area (Å²) in [6.07, 6.45) is 1.71. The van der Waals surface area contributed by atoms with Crippen LogP contribution in [0.1, 0.15) is 45.3 Å². The standard InChI is InChI=1S/C16H18ClN3O/c1-9(2)12-8-21-15(18-12)11-6-5-7-13-14(11)19-16(17)20(13)10(3)4/h5-10H,1-4H3. The van der Waals surface area contributed by atoms with Gasteiger partial charge in [0.15, 0.2) is 0 Å². The van der Waals surface area contributed by atoms with E-state index in [0.29, 0.717) is 17.1 Å². The van der Waals surface area contributed by atoms with Crippen LogP contribution in [0.5, 0.6) is 0 Å². The smallest absolute Gasteiger partial charge is 0.228 e. The molecule has 0 aliphatic carbocycles. The average molecular weight is 304 g/mol. The van der Waals surface area contributed by atoms with Gasteiger partial charge in [-0.05, 0) is 43.5 Å². The number of fused-ring (bicyclic) bond motifs is 1. The van der Waals surface area contributed by atoms with Gasteiger partial charge in [0.1, 0.15) is 11.8 Å². The minimum absolute atomic E-state index is 0.244. The number of hydrogen-bond donors (Lipinski definition) is 0. The minimum Gasteiger partial charge on any atom is -0.444 e. The second-order valence-electron chi connectivity index (χ2n) is 5.75. The molecule has 0 aliphatic rings. The van der Waals surface area contributed by atoms with Crippen molar-refractivity contribution in [3.63, 3.8) is 0 Å². The molecule has 3 rings (SSSR count). The Morgan fingerprint density at radius 3 is 2.52 bits per heavy atom. The molecular formula is C16H18ClN3O. The second-order valence-corrected chi connectivity index (χ2v) is 6.09. The number of oxazole rings is 1. The molecule has 0 spiro atoms. The monoisotopic (exact) mass is 303 g/mol. The number of halogens is 1. The molecule has 0 atom stereocenters. The Kier molecular flexibility index (Phi) is 3.49. The molecule has 3 aromatic rings. The Morgan fingerprint density at radius 1 is 1.14 bits per heavy atom. The van der Waals surface area contributed by atoms with Crippen LogP contribution in [0.4, 0.5) is 0 Å². The summed E-state index contributed by atoms with van der Waals surface area (Å²) in [5, 5.41) is 0.489. The van der Waals surface area contributed by atoms with Crippen LogP contribution in [-0.2, 0) is 0 Å². The van der Waals surface area contributed by atoms with Crippen LogP contribution in [0.15, 0.2) is 28.9 Å². The quantitative estimate of drug-likeness (QED) is 0.680. The van der Waals surface area contributed by atoms with E-state index in [1.807, 2.05) is 22.8 Å². The van der Waals surface area contributed by atoms with Gasteiger partial charge in [0.2, 0.25) is 11.2 Å². The van der Waals surface area contributed by atoms with E-state index in [-0.39, 0.29) is 6.04 Å². The van der Waals surface area contributed by atoms with Crippen molar-refractivity contribution in [2.45, 2.75) is 39.7 Å². The van der Waals surface area contributed by atoms with Gasteiger partial charge in [-0.25, -0.2) is 9.97 Å². The van der Waals surface area contributed by atoms with Crippen LogP contribution in [-0.4, -0.2) is 14.5 Å². The summed E-state index contributed by atoms with van der Waals surface area (Å²) in [4.78, 5) is 9.05. The van der Waals surface area contributed by atoms with Crippen molar-refractivity contribution in [1.29, 1.82) is 0 Å². The fourth-order valence-corrected chi connectivity index (χ4v) is 2.80. The first-order chi connectivity index (χ1) is 9.99.